The molecule has 0 aliphatic carbocycles. The lowest BCUT2D eigenvalue weighted by Crippen LogP contribution is -2.42. The molecule has 2 aliphatic heterocycles. The summed E-state index contributed by atoms with van der Waals surface area (Å²) in [5.74, 6) is 0.349. The highest BCUT2D eigenvalue weighted by molar-refractivity contribution is 6.02. The van der Waals surface area contributed by atoms with Crippen molar-refractivity contribution in [3.63, 3.8) is 0 Å². The molecule has 0 unspecified atom stereocenters. The summed E-state index contributed by atoms with van der Waals surface area (Å²) >= 11 is 0. The number of primary amides is 1. The van der Waals surface area contributed by atoms with Crippen molar-refractivity contribution in [2.45, 2.75) is 13.3 Å². The van der Waals surface area contributed by atoms with Gasteiger partial charge >= 0.3 is 6.03 Å². The summed E-state index contributed by atoms with van der Waals surface area (Å²) in [5, 5.41) is 2.84. The van der Waals surface area contributed by atoms with E-state index in [-0.39, 0.29) is 25.0 Å². The Morgan fingerprint density at radius 2 is 2.08 bits per heavy atom. The number of carbonyl (C=O) groups is 3. The van der Waals surface area contributed by atoms with Crippen LogP contribution in [0.1, 0.15) is 12.0 Å². The first-order valence-corrected chi connectivity index (χ1v) is 8.15. The van der Waals surface area contributed by atoms with Gasteiger partial charge in [0.25, 0.3) is 5.91 Å². The molecular weight excluding hydrogens is 324 g/mol. The molecular formula is C17H21N4O4. The number of aryl methyl sites for hydroxylation is 1. The number of hydrogen-bond acceptors (Lipinski definition) is 4. The summed E-state index contributed by atoms with van der Waals surface area (Å²) in [4.78, 5) is 38.6. The number of carbonyl (C=O) groups excluding carboxylic acids is 3. The summed E-state index contributed by atoms with van der Waals surface area (Å²) in [7, 11) is 0. The number of nitrogens with one attached hydrogen (secondary N) is 1. The number of nitrogens with two attached hydrogens (primary N) is 1. The lowest BCUT2D eigenvalue weighted by atomic mass is 10.1. The Hall–Kier alpha value is -2.61. The average Bonchev–Trinajstić information content (AvgIpc) is 3.06. The van der Waals surface area contributed by atoms with Crippen LogP contribution >= 0.6 is 0 Å². The van der Waals surface area contributed by atoms with Crippen molar-refractivity contribution in [1.29, 1.82) is 0 Å². The van der Waals surface area contributed by atoms with E-state index in [2.05, 4.69) is 5.32 Å². The fraction of sp³-hybridized carbons (Fsp3) is 0.412. The minimum Gasteiger partial charge on any atom is -0.370 e. The fourth-order valence-corrected chi connectivity index (χ4v) is 3.06. The summed E-state index contributed by atoms with van der Waals surface area (Å²) in [5.41, 5.74) is 7.59. The fourth-order valence-electron chi connectivity index (χ4n) is 3.06. The molecule has 2 heterocycles. The van der Waals surface area contributed by atoms with E-state index in [9.17, 15) is 14.4 Å². The number of amides is 4. The third-order valence-electron chi connectivity index (χ3n) is 4.43. The van der Waals surface area contributed by atoms with Crippen molar-refractivity contribution < 1.29 is 19.1 Å². The predicted octanol–water partition coefficient (Wildman–Crippen LogP) is 0.656. The predicted molar refractivity (Wildman–Crippen MR) is 92.0 cm³/mol. The Bertz CT molecular complexity index is 706. The van der Waals surface area contributed by atoms with Crippen LogP contribution in [0.5, 0.6) is 0 Å². The number of hydrogen-bond donors (Lipinski definition) is 2. The topological polar surface area (TPSA) is 105 Å². The van der Waals surface area contributed by atoms with Crippen LogP contribution in [-0.2, 0) is 14.3 Å². The molecule has 8 nitrogen and oxygen atoms in total. The Kier molecular flexibility index (Phi) is 4.89. The van der Waals surface area contributed by atoms with Crippen LogP contribution in [0.25, 0.3) is 0 Å². The van der Waals surface area contributed by atoms with E-state index in [1.807, 2.05) is 19.1 Å². The zero-order chi connectivity index (χ0) is 18.0. The summed E-state index contributed by atoms with van der Waals surface area (Å²) in [6.07, 6.45) is 0.522. The average molecular weight is 345 g/mol. The van der Waals surface area contributed by atoms with E-state index in [0.717, 1.165) is 11.3 Å². The third-order valence-corrected chi connectivity index (χ3v) is 4.43. The molecule has 133 valence electrons. The molecule has 1 radical (unpaired) electrons. The van der Waals surface area contributed by atoms with Gasteiger partial charge in [-0.25, -0.2) is 4.79 Å². The zero-order valence-corrected chi connectivity index (χ0v) is 14.1. The van der Waals surface area contributed by atoms with Gasteiger partial charge < -0.3 is 25.6 Å². The number of benzene rings is 1. The first-order valence-electron chi connectivity index (χ1n) is 8.15. The van der Waals surface area contributed by atoms with E-state index in [1.54, 1.807) is 11.0 Å². The molecule has 25 heavy (non-hydrogen) atoms. The Labute approximate surface area is 145 Å². The van der Waals surface area contributed by atoms with Gasteiger partial charge in [0.2, 0.25) is 5.91 Å². The van der Waals surface area contributed by atoms with Gasteiger partial charge in [0.15, 0.2) is 0 Å². The van der Waals surface area contributed by atoms with Crippen LogP contribution in [0, 0.1) is 12.8 Å². The van der Waals surface area contributed by atoms with Gasteiger partial charge in [-0.05, 0) is 37.1 Å². The number of ether oxygens (including phenoxy) is 1. The summed E-state index contributed by atoms with van der Waals surface area (Å²) in [6, 6.07) is 4.91. The van der Waals surface area contributed by atoms with Gasteiger partial charge in [-0.3, -0.25) is 9.59 Å². The van der Waals surface area contributed by atoms with Crippen LogP contribution in [0.4, 0.5) is 16.2 Å². The van der Waals surface area contributed by atoms with E-state index < -0.39 is 6.03 Å². The minimum absolute atomic E-state index is 0.0702. The molecule has 0 atom stereocenters. The van der Waals surface area contributed by atoms with Crippen molar-refractivity contribution in [3.8, 4) is 0 Å². The number of nitrogens with zero attached hydrogens (tertiary/aromatic N) is 2. The van der Waals surface area contributed by atoms with Gasteiger partial charge in [0.05, 0.1) is 12.5 Å². The lowest BCUT2D eigenvalue weighted by molar-refractivity contribution is -0.125. The zero-order valence-electron chi connectivity index (χ0n) is 14.1. The van der Waals surface area contributed by atoms with Crippen LogP contribution in [0.2, 0.25) is 0 Å². The Balaban J connectivity index is 1.66. The second kappa shape index (κ2) is 7.10. The number of morpholine rings is 1. The van der Waals surface area contributed by atoms with Crippen molar-refractivity contribution in [3.05, 3.63) is 29.7 Å². The van der Waals surface area contributed by atoms with Crippen LogP contribution in [0.3, 0.4) is 0 Å². The molecule has 0 bridgehead atoms. The first-order chi connectivity index (χ1) is 12.0. The molecule has 8 heteroatoms. The largest absolute Gasteiger partial charge is 0.370 e. The standard InChI is InChI=1S/C17H21N4O4/c1-11-8-13(2-3-14(11)21-6-7-25-10-15(21)22)19-16(23)12-4-5-20(9-12)17(18)24/h2-3,8H,4-7,9-10H2,1H3,(H2,18,24)(H,19,23). The van der Waals surface area contributed by atoms with Crippen molar-refractivity contribution >= 4 is 29.2 Å². The number of anilines is 2. The maximum Gasteiger partial charge on any atom is 0.314 e. The van der Waals surface area contributed by atoms with Crippen LogP contribution in [0.15, 0.2) is 18.2 Å². The second-order valence-corrected chi connectivity index (χ2v) is 6.17. The van der Waals surface area contributed by atoms with Crippen LogP contribution < -0.4 is 16.0 Å². The molecule has 2 saturated heterocycles. The van der Waals surface area contributed by atoms with Crippen molar-refractivity contribution in [2.75, 3.05) is 43.1 Å². The monoisotopic (exact) mass is 345 g/mol. The van der Waals surface area contributed by atoms with Gasteiger partial charge in [-0.2, -0.15) is 0 Å². The smallest absolute Gasteiger partial charge is 0.314 e. The van der Waals surface area contributed by atoms with Gasteiger partial charge in [-0.1, -0.05) is 0 Å². The highest BCUT2D eigenvalue weighted by Crippen LogP contribution is 2.26. The summed E-state index contributed by atoms with van der Waals surface area (Å²) in [6.45, 7) is 3.75. The van der Waals surface area contributed by atoms with Crippen molar-refractivity contribution in [2.24, 2.45) is 5.73 Å². The molecule has 1 aromatic rings. The quantitative estimate of drug-likeness (QED) is 0.839. The highest BCUT2D eigenvalue weighted by Gasteiger charge is 2.31. The van der Waals surface area contributed by atoms with Gasteiger partial charge in [0.1, 0.15) is 6.61 Å². The maximum atomic E-state index is 12.3. The minimum atomic E-state index is -0.516. The van der Waals surface area contributed by atoms with E-state index in [0.29, 0.717) is 37.7 Å². The molecule has 2 fully saturated rings. The molecule has 2 aliphatic rings. The molecule has 0 spiro atoms. The lowest BCUT2D eigenvalue weighted by Gasteiger charge is -2.28. The van der Waals surface area contributed by atoms with Crippen LogP contribution in [-0.4, -0.2) is 55.6 Å². The SMILES string of the molecule is Cc1cc(NC(=O)[C]2CCN(C(N)=O)C2)ccc1N1CCOCC1=O. The number of urea groups is 1. The van der Waals surface area contributed by atoms with Gasteiger partial charge in [-0.15, -0.1) is 0 Å². The Morgan fingerprint density at radius 1 is 1.28 bits per heavy atom. The van der Waals surface area contributed by atoms with Gasteiger partial charge in [0, 0.05) is 31.0 Å². The molecule has 3 rings (SSSR count). The van der Waals surface area contributed by atoms with E-state index in [1.165, 1.54) is 4.90 Å². The first kappa shape index (κ1) is 17.2. The second-order valence-electron chi connectivity index (χ2n) is 6.17. The van der Waals surface area contributed by atoms with E-state index in [4.69, 9.17) is 10.5 Å². The number of likely N-dealkylation sites (tertiary alicyclic amines) is 1. The molecule has 0 aromatic heterocycles. The Morgan fingerprint density at radius 3 is 2.72 bits per heavy atom. The highest BCUT2D eigenvalue weighted by atomic mass is 16.5. The molecule has 0 saturated carbocycles. The van der Waals surface area contributed by atoms with Crippen molar-refractivity contribution in [1.82, 2.24) is 4.90 Å². The molecule has 3 N–H and O–H groups in total. The third kappa shape index (κ3) is 3.74. The number of rotatable bonds is 3. The van der Waals surface area contributed by atoms with E-state index >= 15 is 0 Å². The maximum absolute atomic E-state index is 12.3. The summed E-state index contributed by atoms with van der Waals surface area (Å²) < 4.78 is 5.14. The normalized spacial score (nSPS) is 18.5. The molecule has 4 amide bonds. The molecule has 1 aromatic carbocycles.